The quantitative estimate of drug-likeness (QED) is 0.505. The van der Waals surface area contributed by atoms with E-state index in [4.69, 9.17) is 0 Å². The highest BCUT2D eigenvalue weighted by molar-refractivity contribution is 7.22. The maximum atomic E-state index is 13.2. The Morgan fingerprint density at radius 3 is 2.03 bits per heavy atom. The molecule has 0 unspecified atom stereocenters. The SMILES string of the molecule is O=C(NN(C(=O)c1ccc(F)cc1)c1nc2ccccc2s1)c1ccc(F)cc1. The summed E-state index contributed by atoms with van der Waals surface area (Å²) in [6, 6.07) is 17.2. The number of amides is 2. The molecule has 0 aliphatic heterocycles. The zero-order valence-electron chi connectivity index (χ0n) is 14.8. The van der Waals surface area contributed by atoms with Gasteiger partial charge >= 0.3 is 0 Å². The summed E-state index contributed by atoms with van der Waals surface area (Å²) in [7, 11) is 0. The van der Waals surface area contributed by atoms with E-state index >= 15 is 0 Å². The van der Waals surface area contributed by atoms with E-state index in [0.717, 1.165) is 34.0 Å². The van der Waals surface area contributed by atoms with Crippen molar-refractivity contribution in [3.63, 3.8) is 0 Å². The van der Waals surface area contributed by atoms with Crippen LogP contribution in [0.2, 0.25) is 0 Å². The van der Waals surface area contributed by atoms with Gasteiger partial charge < -0.3 is 0 Å². The number of benzene rings is 3. The van der Waals surface area contributed by atoms with Crippen molar-refractivity contribution >= 4 is 38.5 Å². The minimum atomic E-state index is -0.611. The number of anilines is 1. The lowest BCUT2D eigenvalue weighted by molar-refractivity contribution is 0.0887. The Morgan fingerprint density at radius 1 is 0.828 bits per heavy atom. The highest BCUT2D eigenvalue weighted by atomic mass is 32.1. The van der Waals surface area contributed by atoms with Crippen LogP contribution < -0.4 is 10.4 Å². The highest BCUT2D eigenvalue weighted by Crippen LogP contribution is 2.28. The van der Waals surface area contributed by atoms with E-state index in [2.05, 4.69) is 10.4 Å². The Morgan fingerprint density at radius 2 is 1.41 bits per heavy atom. The third kappa shape index (κ3) is 3.97. The topological polar surface area (TPSA) is 62.3 Å². The Hall–Kier alpha value is -3.65. The first kappa shape index (κ1) is 18.7. The van der Waals surface area contributed by atoms with E-state index in [9.17, 15) is 18.4 Å². The second-order valence-corrected chi connectivity index (χ2v) is 7.07. The van der Waals surface area contributed by atoms with Gasteiger partial charge in [0.25, 0.3) is 11.8 Å². The van der Waals surface area contributed by atoms with Crippen molar-refractivity contribution in [2.75, 3.05) is 5.01 Å². The average Bonchev–Trinajstić information content (AvgIpc) is 3.16. The molecular weight excluding hydrogens is 396 g/mol. The molecule has 4 aromatic rings. The Kier molecular flexibility index (Phi) is 5.01. The van der Waals surface area contributed by atoms with Gasteiger partial charge in [-0.25, -0.2) is 13.8 Å². The molecule has 2 amide bonds. The second kappa shape index (κ2) is 7.76. The van der Waals surface area contributed by atoms with Crippen LogP contribution >= 0.6 is 11.3 Å². The maximum absolute atomic E-state index is 13.2. The molecule has 8 heteroatoms. The van der Waals surface area contributed by atoms with Gasteiger partial charge in [0, 0.05) is 11.1 Å². The molecule has 1 aromatic heterocycles. The monoisotopic (exact) mass is 409 g/mol. The first-order valence-electron chi connectivity index (χ1n) is 8.53. The molecule has 4 rings (SSSR count). The normalized spacial score (nSPS) is 10.7. The van der Waals surface area contributed by atoms with Crippen LogP contribution in [-0.2, 0) is 0 Å². The number of hydrazine groups is 1. The highest BCUT2D eigenvalue weighted by Gasteiger charge is 2.24. The van der Waals surface area contributed by atoms with Crippen molar-refractivity contribution in [3.05, 3.63) is 95.6 Å². The number of hydrogen-bond donors (Lipinski definition) is 1. The van der Waals surface area contributed by atoms with Gasteiger partial charge in [0.05, 0.1) is 10.2 Å². The second-order valence-electron chi connectivity index (χ2n) is 6.06. The van der Waals surface area contributed by atoms with Gasteiger partial charge in [-0.15, -0.1) is 0 Å². The van der Waals surface area contributed by atoms with Crippen LogP contribution in [0.5, 0.6) is 0 Å². The summed E-state index contributed by atoms with van der Waals surface area (Å²) >= 11 is 1.22. The molecule has 1 heterocycles. The van der Waals surface area contributed by atoms with E-state index in [1.807, 2.05) is 18.2 Å². The molecule has 1 N–H and O–H groups in total. The summed E-state index contributed by atoms with van der Waals surface area (Å²) in [5.74, 6) is -2.16. The number of fused-ring (bicyclic) bond motifs is 1. The van der Waals surface area contributed by atoms with Crippen LogP contribution in [0.25, 0.3) is 10.2 Å². The minimum Gasteiger partial charge on any atom is -0.267 e. The number of thiazole rings is 1. The first-order valence-corrected chi connectivity index (χ1v) is 9.35. The van der Waals surface area contributed by atoms with Gasteiger partial charge in [0.15, 0.2) is 0 Å². The van der Waals surface area contributed by atoms with Crippen LogP contribution in [0.3, 0.4) is 0 Å². The molecule has 0 aliphatic carbocycles. The smallest absolute Gasteiger partial charge is 0.267 e. The van der Waals surface area contributed by atoms with Crippen molar-refractivity contribution < 1.29 is 18.4 Å². The van der Waals surface area contributed by atoms with E-state index in [1.54, 1.807) is 6.07 Å². The summed E-state index contributed by atoms with van der Waals surface area (Å²) in [6.07, 6.45) is 0. The molecule has 0 saturated heterocycles. The van der Waals surface area contributed by atoms with Crippen LogP contribution in [-0.4, -0.2) is 16.8 Å². The fourth-order valence-corrected chi connectivity index (χ4v) is 3.56. The van der Waals surface area contributed by atoms with Crippen molar-refractivity contribution in [2.24, 2.45) is 0 Å². The molecule has 0 spiro atoms. The summed E-state index contributed by atoms with van der Waals surface area (Å²) in [5, 5.41) is 1.26. The van der Waals surface area contributed by atoms with E-state index < -0.39 is 23.4 Å². The molecule has 0 aliphatic rings. The van der Waals surface area contributed by atoms with Crippen molar-refractivity contribution in [1.29, 1.82) is 0 Å². The van der Waals surface area contributed by atoms with E-state index in [0.29, 0.717) is 5.52 Å². The largest absolute Gasteiger partial charge is 0.279 e. The molecule has 0 fully saturated rings. The van der Waals surface area contributed by atoms with Crippen LogP contribution in [0.15, 0.2) is 72.8 Å². The third-order valence-electron chi connectivity index (χ3n) is 4.09. The van der Waals surface area contributed by atoms with Crippen molar-refractivity contribution in [1.82, 2.24) is 10.4 Å². The number of carbonyl (C=O) groups is 2. The van der Waals surface area contributed by atoms with Gasteiger partial charge in [-0.2, -0.15) is 5.01 Å². The van der Waals surface area contributed by atoms with Gasteiger partial charge in [0.1, 0.15) is 11.6 Å². The van der Waals surface area contributed by atoms with Gasteiger partial charge in [-0.05, 0) is 60.7 Å². The van der Waals surface area contributed by atoms with Crippen molar-refractivity contribution in [3.8, 4) is 0 Å². The van der Waals surface area contributed by atoms with E-state index in [1.165, 1.54) is 35.6 Å². The molecule has 29 heavy (non-hydrogen) atoms. The lowest BCUT2D eigenvalue weighted by Crippen LogP contribution is -2.46. The van der Waals surface area contributed by atoms with Gasteiger partial charge in [-0.3, -0.25) is 15.0 Å². The molecular formula is C21H13F2N3O2S. The number of nitrogens with zero attached hydrogens (tertiary/aromatic N) is 2. The Bertz CT molecular complexity index is 1160. The molecule has 0 atom stereocenters. The fourth-order valence-electron chi connectivity index (χ4n) is 2.63. The predicted octanol–water partition coefficient (Wildman–Crippen LogP) is 4.57. The summed E-state index contributed by atoms with van der Waals surface area (Å²) in [5.41, 5.74) is 3.53. The predicted molar refractivity (Wildman–Crippen MR) is 107 cm³/mol. The molecule has 5 nitrogen and oxygen atoms in total. The fraction of sp³-hybridized carbons (Fsp3) is 0. The number of para-hydroxylation sites is 1. The summed E-state index contributed by atoms with van der Waals surface area (Å²) in [6.45, 7) is 0. The number of hydrogen-bond acceptors (Lipinski definition) is 4. The maximum Gasteiger partial charge on any atom is 0.279 e. The van der Waals surface area contributed by atoms with E-state index in [-0.39, 0.29) is 16.3 Å². The molecule has 3 aromatic carbocycles. The molecule has 0 radical (unpaired) electrons. The molecule has 0 bridgehead atoms. The van der Waals surface area contributed by atoms with Crippen molar-refractivity contribution in [2.45, 2.75) is 0 Å². The zero-order valence-corrected chi connectivity index (χ0v) is 15.6. The average molecular weight is 409 g/mol. The minimum absolute atomic E-state index is 0.171. The Labute approximate surface area is 168 Å². The number of rotatable bonds is 3. The molecule has 0 saturated carbocycles. The first-order chi connectivity index (χ1) is 14.0. The van der Waals surface area contributed by atoms with Gasteiger partial charge in [-0.1, -0.05) is 23.5 Å². The van der Waals surface area contributed by atoms with Gasteiger partial charge in [0.2, 0.25) is 5.13 Å². The molecule has 144 valence electrons. The Balaban J connectivity index is 1.71. The number of carbonyl (C=O) groups excluding carboxylic acids is 2. The summed E-state index contributed by atoms with van der Waals surface area (Å²) < 4.78 is 27.2. The van der Waals surface area contributed by atoms with Crippen LogP contribution in [0.4, 0.5) is 13.9 Å². The lowest BCUT2D eigenvalue weighted by Gasteiger charge is -2.20. The third-order valence-corrected chi connectivity index (χ3v) is 5.11. The number of aromatic nitrogens is 1. The summed E-state index contributed by atoms with van der Waals surface area (Å²) in [4.78, 5) is 30.1. The lowest BCUT2D eigenvalue weighted by atomic mass is 10.2. The van der Waals surface area contributed by atoms with Crippen LogP contribution in [0.1, 0.15) is 20.7 Å². The van der Waals surface area contributed by atoms with Crippen LogP contribution in [0, 0.1) is 11.6 Å². The number of nitrogens with one attached hydrogen (secondary N) is 1. The zero-order chi connectivity index (χ0) is 20.4. The number of halogens is 2. The standard InChI is InChI=1S/C21H13F2N3O2S/c22-15-9-5-13(6-10-15)19(27)25-26(20(28)14-7-11-16(23)12-8-14)21-24-17-3-1-2-4-18(17)29-21/h1-12H,(H,25,27).